The highest BCUT2D eigenvalue weighted by atomic mass is 16.1. The smallest absolute Gasteiger partial charge is 0.227 e. The monoisotopic (exact) mass is 244 g/mol. The molecule has 18 heavy (non-hydrogen) atoms. The third kappa shape index (κ3) is 2.09. The van der Waals surface area contributed by atoms with Crippen LogP contribution in [0.5, 0.6) is 0 Å². The second-order valence-electron chi connectivity index (χ2n) is 5.49. The summed E-state index contributed by atoms with van der Waals surface area (Å²) < 4.78 is 0. The molecule has 0 saturated heterocycles. The van der Waals surface area contributed by atoms with Crippen molar-refractivity contribution in [2.24, 2.45) is 5.92 Å². The summed E-state index contributed by atoms with van der Waals surface area (Å²) in [4.78, 5) is 14.2. The molecule has 1 amide bonds. The standard InChI is InChI=1S/C15H20N2O/c1-17-9-3-6-11-7-8-13(10-14(11)17)16-15(18)12-4-2-5-12/h7-8,10,12H,2-6,9H2,1H3,(H,16,18). The minimum Gasteiger partial charge on any atom is -0.374 e. The number of nitrogens with one attached hydrogen (secondary N) is 1. The van der Waals surface area contributed by atoms with Gasteiger partial charge in [0, 0.05) is 30.9 Å². The van der Waals surface area contributed by atoms with E-state index in [0.717, 1.165) is 31.5 Å². The molecule has 1 heterocycles. The first-order valence-corrected chi connectivity index (χ1v) is 6.89. The Morgan fingerprint density at radius 2 is 2.17 bits per heavy atom. The van der Waals surface area contributed by atoms with Crippen LogP contribution in [-0.2, 0) is 11.2 Å². The number of benzene rings is 1. The third-order valence-corrected chi connectivity index (χ3v) is 4.18. The summed E-state index contributed by atoms with van der Waals surface area (Å²) in [6.45, 7) is 1.10. The first-order chi connectivity index (χ1) is 8.74. The van der Waals surface area contributed by atoms with Gasteiger partial charge in [-0.1, -0.05) is 12.5 Å². The van der Waals surface area contributed by atoms with E-state index in [-0.39, 0.29) is 11.8 Å². The predicted molar refractivity (Wildman–Crippen MR) is 74.0 cm³/mol. The quantitative estimate of drug-likeness (QED) is 0.867. The average Bonchev–Trinajstić information content (AvgIpc) is 2.28. The zero-order valence-corrected chi connectivity index (χ0v) is 10.9. The zero-order valence-electron chi connectivity index (χ0n) is 10.9. The van der Waals surface area contributed by atoms with E-state index in [9.17, 15) is 4.79 Å². The van der Waals surface area contributed by atoms with Crippen molar-refractivity contribution in [1.82, 2.24) is 0 Å². The van der Waals surface area contributed by atoms with Crippen molar-refractivity contribution in [1.29, 1.82) is 0 Å². The number of rotatable bonds is 2. The Kier molecular flexibility index (Phi) is 2.98. The molecule has 3 rings (SSSR count). The van der Waals surface area contributed by atoms with Crippen LogP contribution >= 0.6 is 0 Å². The number of hydrogen-bond donors (Lipinski definition) is 1. The number of nitrogens with zero attached hydrogens (tertiary/aromatic N) is 1. The summed E-state index contributed by atoms with van der Waals surface area (Å²) in [5.41, 5.74) is 3.61. The van der Waals surface area contributed by atoms with Gasteiger partial charge in [-0.2, -0.15) is 0 Å². The maximum absolute atomic E-state index is 11.9. The molecule has 1 aromatic carbocycles. The average molecular weight is 244 g/mol. The lowest BCUT2D eigenvalue weighted by molar-refractivity contribution is -0.122. The molecule has 0 radical (unpaired) electrons. The molecular weight excluding hydrogens is 224 g/mol. The number of carbonyl (C=O) groups excluding carboxylic acids is 1. The Bertz CT molecular complexity index is 466. The van der Waals surface area contributed by atoms with Crippen LogP contribution in [-0.4, -0.2) is 19.5 Å². The van der Waals surface area contributed by atoms with Gasteiger partial charge in [-0.05, 0) is 43.4 Å². The van der Waals surface area contributed by atoms with Crippen molar-refractivity contribution in [3.8, 4) is 0 Å². The van der Waals surface area contributed by atoms with Gasteiger partial charge in [0.25, 0.3) is 0 Å². The van der Waals surface area contributed by atoms with Gasteiger partial charge >= 0.3 is 0 Å². The van der Waals surface area contributed by atoms with Crippen LogP contribution in [0.4, 0.5) is 11.4 Å². The van der Waals surface area contributed by atoms with E-state index in [2.05, 4.69) is 29.4 Å². The summed E-state index contributed by atoms with van der Waals surface area (Å²) in [5, 5.41) is 3.05. The minimum absolute atomic E-state index is 0.194. The fourth-order valence-electron chi connectivity index (χ4n) is 2.75. The number of hydrogen-bond acceptors (Lipinski definition) is 2. The molecule has 1 N–H and O–H groups in total. The van der Waals surface area contributed by atoms with E-state index in [1.54, 1.807) is 0 Å². The lowest BCUT2D eigenvalue weighted by Gasteiger charge is -2.28. The largest absolute Gasteiger partial charge is 0.374 e. The molecule has 2 aliphatic rings. The van der Waals surface area contributed by atoms with Crippen LogP contribution in [0, 0.1) is 5.92 Å². The Morgan fingerprint density at radius 3 is 2.89 bits per heavy atom. The van der Waals surface area contributed by atoms with Crippen LogP contribution in [0.15, 0.2) is 18.2 Å². The first kappa shape index (κ1) is 11.6. The summed E-state index contributed by atoms with van der Waals surface area (Å²) in [6.07, 6.45) is 5.67. The van der Waals surface area contributed by atoms with Gasteiger partial charge in [-0.25, -0.2) is 0 Å². The van der Waals surface area contributed by atoms with Crippen molar-refractivity contribution in [3.63, 3.8) is 0 Å². The van der Waals surface area contributed by atoms with Gasteiger partial charge in [0.1, 0.15) is 0 Å². The van der Waals surface area contributed by atoms with Crippen LogP contribution < -0.4 is 10.2 Å². The topological polar surface area (TPSA) is 32.3 Å². The van der Waals surface area contributed by atoms with E-state index in [1.165, 1.54) is 24.1 Å². The molecule has 1 aliphatic carbocycles. The number of amides is 1. The van der Waals surface area contributed by atoms with E-state index >= 15 is 0 Å². The number of carbonyl (C=O) groups is 1. The molecule has 0 aromatic heterocycles. The Balaban J connectivity index is 1.76. The summed E-state index contributed by atoms with van der Waals surface area (Å²) >= 11 is 0. The van der Waals surface area contributed by atoms with Crippen molar-refractivity contribution in [3.05, 3.63) is 23.8 Å². The molecule has 0 unspecified atom stereocenters. The van der Waals surface area contributed by atoms with Crippen molar-refractivity contribution in [2.75, 3.05) is 23.8 Å². The lowest BCUT2D eigenvalue weighted by atomic mass is 9.85. The van der Waals surface area contributed by atoms with E-state index < -0.39 is 0 Å². The van der Waals surface area contributed by atoms with Crippen molar-refractivity contribution < 1.29 is 4.79 Å². The molecular formula is C15H20N2O. The van der Waals surface area contributed by atoms with Gasteiger partial charge in [0.05, 0.1) is 0 Å². The molecule has 1 saturated carbocycles. The molecule has 1 aliphatic heterocycles. The van der Waals surface area contributed by atoms with E-state index in [4.69, 9.17) is 0 Å². The molecule has 96 valence electrons. The van der Waals surface area contributed by atoms with E-state index in [1.807, 2.05) is 6.07 Å². The maximum atomic E-state index is 11.9. The number of anilines is 2. The second kappa shape index (κ2) is 4.63. The maximum Gasteiger partial charge on any atom is 0.227 e. The number of aryl methyl sites for hydroxylation is 1. The summed E-state index contributed by atoms with van der Waals surface area (Å²) in [5.74, 6) is 0.443. The van der Waals surface area contributed by atoms with Gasteiger partial charge in [-0.3, -0.25) is 4.79 Å². The fourth-order valence-corrected chi connectivity index (χ4v) is 2.75. The molecule has 1 aromatic rings. The van der Waals surface area contributed by atoms with Crippen LogP contribution in [0.25, 0.3) is 0 Å². The lowest BCUT2D eigenvalue weighted by Crippen LogP contribution is -2.28. The summed E-state index contributed by atoms with van der Waals surface area (Å²) in [6, 6.07) is 6.31. The Hall–Kier alpha value is -1.51. The predicted octanol–water partition coefficient (Wildman–Crippen LogP) is 2.81. The molecule has 0 bridgehead atoms. The van der Waals surface area contributed by atoms with Crippen LogP contribution in [0.2, 0.25) is 0 Å². The minimum atomic E-state index is 0.194. The third-order valence-electron chi connectivity index (χ3n) is 4.18. The molecule has 1 fully saturated rings. The first-order valence-electron chi connectivity index (χ1n) is 6.89. The van der Waals surface area contributed by atoms with Crippen molar-refractivity contribution >= 4 is 17.3 Å². The highest BCUT2D eigenvalue weighted by Gasteiger charge is 2.25. The molecule has 0 atom stereocenters. The zero-order chi connectivity index (χ0) is 12.5. The highest BCUT2D eigenvalue weighted by Crippen LogP contribution is 2.31. The summed E-state index contributed by atoms with van der Waals surface area (Å²) in [7, 11) is 2.12. The highest BCUT2D eigenvalue weighted by molar-refractivity contribution is 5.93. The molecule has 3 heteroatoms. The van der Waals surface area contributed by atoms with Crippen LogP contribution in [0.3, 0.4) is 0 Å². The normalized spacial score (nSPS) is 19.1. The molecule has 0 spiro atoms. The Morgan fingerprint density at radius 1 is 1.33 bits per heavy atom. The van der Waals surface area contributed by atoms with Gasteiger partial charge in [0.15, 0.2) is 0 Å². The Labute approximate surface area is 108 Å². The van der Waals surface area contributed by atoms with Gasteiger partial charge in [-0.15, -0.1) is 0 Å². The second-order valence-corrected chi connectivity index (χ2v) is 5.49. The fraction of sp³-hybridized carbons (Fsp3) is 0.533. The SMILES string of the molecule is CN1CCCc2ccc(NC(=O)C3CCC3)cc21. The van der Waals surface area contributed by atoms with Crippen molar-refractivity contribution in [2.45, 2.75) is 32.1 Å². The number of fused-ring (bicyclic) bond motifs is 1. The van der Waals surface area contributed by atoms with Gasteiger partial charge in [0.2, 0.25) is 5.91 Å². The van der Waals surface area contributed by atoms with E-state index in [0.29, 0.717) is 0 Å². The van der Waals surface area contributed by atoms with Gasteiger partial charge < -0.3 is 10.2 Å². The van der Waals surface area contributed by atoms with Crippen LogP contribution in [0.1, 0.15) is 31.2 Å². The molecule has 3 nitrogen and oxygen atoms in total.